The number of aryl methyl sites for hydroxylation is 2. The first kappa shape index (κ1) is 17.8. The Morgan fingerprint density at radius 3 is 2.61 bits per heavy atom. The highest BCUT2D eigenvalue weighted by molar-refractivity contribution is 6.03. The molecule has 2 aromatic carbocycles. The molecule has 1 aliphatic heterocycles. The van der Waals surface area contributed by atoms with E-state index in [0.717, 1.165) is 11.3 Å². The van der Waals surface area contributed by atoms with E-state index in [0.29, 0.717) is 23.4 Å². The largest absolute Gasteiger partial charge is 0.496 e. The van der Waals surface area contributed by atoms with Crippen molar-refractivity contribution in [2.75, 3.05) is 17.7 Å². The van der Waals surface area contributed by atoms with Gasteiger partial charge in [0, 0.05) is 23.0 Å². The van der Waals surface area contributed by atoms with Gasteiger partial charge in [-0.15, -0.1) is 0 Å². The molecule has 1 aliphatic rings. The number of ether oxygens (including phenoxy) is 1. The van der Waals surface area contributed by atoms with Crippen LogP contribution in [0.1, 0.15) is 23.0 Å². The van der Waals surface area contributed by atoms with Gasteiger partial charge in [-0.25, -0.2) is 9.98 Å². The number of aliphatic imine (C=N–C) groups is 1. The van der Waals surface area contributed by atoms with E-state index in [2.05, 4.69) is 15.6 Å². The van der Waals surface area contributed by atoms with Crippen LogP contribution in [-0.2, 0) is 0 Å². The monoisotopic (exact) mass is 375 g/mol. The van der Waals surface area contributed by atoms with Crippen molar-refractivity contribution in [3.63, 3.8) is 0 Å². The number of aromatic nitrogens is 2. The third-order valence-corrected chi connectivity index (χ3v) is 4.54. The van der Waals surface area contributed by atoms with E-state index in [-0.39, 0.29) is 5.56 Å². The molecule has 0 amide bonds. The fourth-order valence-electron chi connectivity index (χ4n) is 3.17. The fraction of sp³-hybridized carbons (Fsp3) is 0.190. The summed E-state index contributed by atoms with van der Waals surface area (Å²) in [6, 6.07) is 17.0. The van der Waals surface area contributed by atoms with Gasteiger partial charge in [0.15, 0.2) is 6.17 Å². The van der Waals surface area contributed by atoms with E-state index in [9.17, 15) is 4.79 Å². The average molecular weight is 375 g/mol. The lowest BCUT2D eigenvalue weighted by Gasteiger charge is -2.27. The Morgan fingerprint density at radius 2 is 1.86 bits per heavy atom. The molecule has 1 atom stereocenters. The van der Waals surface area contributed by atoms with Crippen molar-refractivity contribution >= 4 is 17.6 Å². The number of methoxy groups -OCH3 is 1. The Hall–Kier alpha value is -3.61. The first-order valence-corrected chi connectivity index (χ1v) is 8.97. The Kier molecular flexibility index (Phi) is 4.57. The molecule has 0 radical (unpaired) electrons. The zero-order valence-electron chi connectivity index (χ0n) is 15.9. The fourth-order valence-corrected chi connectivity index (χ4v) is 3.17. The van der Waals surface area contributed by atoms with Crippen LogP contribution < -0.4 is 20.9 Å². The summed E-state index contributed by atoms with van der Waals surface area (Å²) in [5.41, 5.74) is 3.30. The van der Waals surface area contributed by atoms with Gasteiger partial charge in [0.2, 0.25) is 11.9 Å². The number of benzene rings is 2. The van der Waals surface area contributed by atoms with Gasteiger partial charge < -0.3 is 10.1 Å². The highest BCUT2D eigenvalue weighted by Gasteiger charge is 2.27. The second-order valence-electron chi connectivity index (χ2n) is 6.64. The Bertz CT molecular complexity index is 1100. The molecule has 142 valence electrons. The smallest absolute Gasteiger partial charge is 0.257 e. The van der Waals surface area contributed by atoms with Gasteiger partial charge in [-0.05, 0) is 32.0 Å². The average Bonchev–Trinajstić information content (AvgIpc) is 2.68. The summed E-state index contributed by atoms with van der Waals surface area (Å²) in [6.45, 7) is 3.83. The molecule has 28 heavy (non-hydrogen) atoms. The first-order chi connectivity index (χ1) is 13.5. The third kappa shape index (κ3) is 3.34. The number of para-hydroxylation sites is 1. The first-order valence-electron chi connectivity index (χ1n) is 8.97. The van der Waals surface area contributed by atoms with Gasteiger partial charge in [0.1, 0.15) is 5.75 Å². The lowest BCUT2D eigenvalue weighted by molar-refractivity contribution is 0.401. The van der Waals surface area contributed by atoms with E-state index in [4.69, 9.17) is 9.73 Å². The van der Waals surface area contributed by atoms with Crippen LogP contribution in [0.15, 0.2) is 64.4 Å². The van der Waals surface area contributed by atoms with Gasteiger partial charge in [-0.3, -0.25) is 14.7 Å². The second-order valence-corrected chi connectivity index (χ2v) is 6.64. The zero-order valence-corrected chi connectivity index (χ0v) is 15.9. The molecule has 2 heterocycles. The number of anilines is 2. The summed E-state index contributed by atoms with van der Waals surface area (Å²) < 4.78 is 7.03. The normalized spacial score (nSPS) is 15.2. The minimum Gasteiger partial charge on any atom is -0.496 e. The summed E-state index contributed by atoms with van der Waals surface area (Å²) in [5, 5.41) is 6.40. The van der Waals surface area contributed by atoms with Crippen LogP contribution in [0.3, 0.4) is 0 Å². The lowest BCUT2D eigenvalue weighted by Crippen LogP contribution is -2.37. The lowest BCUT2D eigenvalue weighted by atomic mass is 10.1. The molecule has 4 rings (SSSR count). The summed E-state index contributed by atoms with van der Waals surface area (Å²) in [4.78, 5) is 22.0. The topological polar surface area (TPSA) is 80.5 Å². The number of guanidine groups is 1. The van der Waals surface area contributed by atoms with E-state index >= 15 is 0 Å². The molecule has 1 aromatic heterocycles. The summed E-state index contributed by atoms with van der Waals surface area (Å²) in [6.07, 6.45) is -0.596. The molecular formula is C21H21N5O2. The molecule has 7 heteroatoms. The number of nitrogens with one attached hydrogen (secondary N) is 2. The van der Waals surface area contributed by atoms with Gasteiger partial charge in [-0.2, -0.15) is 0 Å². The molecule has 1 unspecified atom stereocenters. The highest BCUT2D eigenvalue weighted by Crippen LogP contribution is 2.31. The number of hydrogen-bond acceptors (Lipinski definition) is 6. The minimum absolute atomic E-state index is 0.177. The molecule has 2 N–H and O–H groups in total. The maximum absolute atomic E-state index is 12.7. The SMILES string of the molecule is COc1ccccc1C1N=C(Nc2ccc(C)cc2)Nc2nc(C)cc(=O)n21. The van der Waals surface area contributed by atoms with Crippen LogP contribution in [0.25, 0.3) is 0 Å². The highest BCUT2D eigenvalue weighted by atomic mass is 16.5. The van der Waals surface area contributed by atoms with Gasteiger partial charge in [0.05, 0.1) is 7.11 Å². The van der Waals surface area contributed by atoms with E-state index in [1.54, 1.807) is 14.0 Å². The molecule has 0 bridgehead atoms. The van der Waals surface area contributed by atoms with Gasteiger partial charge >= 0.3 is 0 Å². The molecule has 0 spiro atoms. The van der Waals surface area contributed by atoms with E-state index in [1.807, 2.05) is 55.5 Å². The van der Waals surface area contributed by atoms with Crippen LogP contribution in [-0.4, -0.2) is 22.6 Å². The zero-order chi connectivity index (χ0) is 19.7. The van der Waals surface area contributed by atoms with Crippen molar-refractivity contribution in [3.05, 3.63) is 81.8 Å². The molecule has 0 saturated heterocycles. The van der Waals surface area contributed by atoms with Crippen molar-refractivity contribution < 1.29 is 4.74 Å². The van der Waals surface area contributed by atoms with Crippen molar-refractivity contribution in [3.8, 4) is 5.75 Å². The van der Waals surface area contributed by atoms with Crippen LogP contribution in [0.5, 0.6) is 5.75 Å². The van der Waals surface area contributed by atoms with Crippen molar-refractivity contribution in [2.45, 2.75) is 20.0 Å². The summed E-state index contributed by atoms with van der Waals surface area (Å²) in [7, 11) is 1.60. The predicted molar refractivity (Wildman–Crippen MR) is 110 cm³/mol. The van der Waals surface area contributed by atoms with E-state index < -0.39 is 6.17 Å². The number of fused-ring (bicyclic) bond motifs is 1. The van der Waals surface area contributed by atoms with Crippen LogP contribution in [0, 0.1) is 13.8 Å². The summed E-state index contributed by atoms with van der Waals surface area (Å²) in [5.74, 6) is 1.61. The number of rotatable bonds is 3. The maximum Gasteiger partial charge on any atom is 0.257 e. The second kappa shape index (κ2) is 7.19. The number of hydrogen-bond donors (Lipinski definition) is 2. The Balaban J connectivity index is 1.82. The predicted octanol–water partition coefficient (Wildman–Crippen LogP) is 3.31. The molecule has 0 saturated carbocycles. The molecular weight excluding hydrogens is 354 g/mol. The molecule has 3 aromatic rings. The van der Waals surface area contributed by atoms with Crippen LogP contribution >= 0.6 is 0 Å². The quantitative estimate of drug-likeness (QED) is 0.734. The standard InChI is InChI=1S/C21H21N5O2/c1-13-8-10-15(11-9-13)23-20-24-19(16-6-4-5-7-17(16)28-3)26-18(27)12-14(2)22-21(26)25-20/h4-12,19H,1-3H3,(H2,22,23,24,25). The van der Waals surface area contributed by atoms with Crippen LogP contribution in [0.4, 0.5) is 11.6 Å². The van der Waals surface area contributed by atoms with Gasteiger partial charge in [-0.1, -0.05) is 35.9 Å². The summed E-state index contributed by atoms with van der Waals surface area (Å²) >= 11 is 0. The van der Waals surface area contributed by atoms with Crippen molar-refractivity contribution in [2.24, 2.45) is 4.99 Å². The third-order valence-electron chi connectivity index (χ3n) is 4.54. The number of nitrogens with zero attached hydrogens (tertiary/aromatic N) is 3. The maximum atomic E-state index is 12.7. The van der Waals surface area contributed by atoms with Gasteiger partial charge in [0.25, 0.3) is 5.56 Å². The molecule has 7 nitrogen and oxygen atoms in total. The van der Waals surface area contributed by atoms with E-state index in [1.165, 1.54) is 16.2 Å². The molecule has 0 fully saturated rings. The molecule has 0 aliphatic carbocycles. The van der Waals surface area contributed by atoms with Crippen LogP contribution in [0.2, 0.25) is 0 Å². The Labute approximate surface area is 162 Å². The Morgan fingerprint density at radius 1 is 1.11 bits per heavy atom. The van der Waals surface area contributed by atoms with Crippen molar-refractivity contribution in [1.29, 1.82) is 0 Å². The van der Waals surface area contributed by atoms with Crippen molar-refractivity contribution in [1.82, 2.24) is 9.55 Å². The minimum atomic E-state index is -0.596.